The summed E-state index contributed by atoms with van der Waals surface area (Å²) in [5, 5.41) is 3.32. The van der Waals surface area contributed by atoms with Crippen molar-refractivity contribution in [2.24, 2.45) is 0 Å². The van der Waals surface area contributed by atoms with Crippen molar-refractivity contribution in [1.82, 2.24) is 5.32 Å². The van der Waals surface area contributed by atoms with Crippen LogP contribution in [0, 0.1) is 0 Å². The number of carbonyl (C=O) groups excluding carboxylic acids is 2. The molecule has 2 aromatic carbocycles. The predicted molar refractivity (Wildman–Crippen MR) is 111 cm³/mol. The predicted octanol–water partition coefficient (Wildman–Crippen LogP) is 3.48. The maximum Gasteiger partial charge on any atom is 0.407 e. The molecular formula is C22H28ClN2O4+. The van der Waals surface area contributed by atoms with Crippen molar-refractivity contribution in [2.45, 2.75) is 44.9 Å². The van der Waals surface area contributed by atoms with E-state index >= 15 is 0 Å². The average Bonchev–Trinajstić information content (AvgIpc) is 2.71. The van der Waals surface area contributed by atoms with E-state index in [4.69, 9.17) is 21.1 Å². The Balaban J connectivity index is 1.49. The molecule has 0 radical (unpaired) electrons. The lowest BCUT2D eigenvalue weighted by Crippen LogP contribution is -2.61. The highest BCUT2D eigenvalue weighted by molar-refractivity contribution is 6.30. The van der Waals surface area contributed by atoms with Gasteiger partial charge in [-0.2, -0.15) is 0 Å². The first-order chi connectivity index (χ1) is 14.0. The molecule has 0 aliphatic carbocycles. The maximum atomic E-state index is 11.9. The molecule has 2 rings (SSSR count). The molecular weight excluding hydrogens is 392 g/mol. The molecule has 0 bridgehead atoms. The van der Waals surface area contributed by atoms with Crippen molar-refractivity contribution in [1.29, 1.82) is 0 Å². The standard InChI is InChI=1S/C22H27ClN2O4/c23-19-10-6-9-18(13-19)16-29-22(27)25-12-5-4-11-20(24)14-21(26)28-15-17-7-2-1-3-8-17/h1-3,6-10,13,20H,4-5,11-12,14-16,24H2,(H,25,27)/p+1/t20-/m0/s1. The third kappa shape index (κ3) is 9.96. The van der Waals surface area contributed by atoms with Gasteiger partial charge in [-0.3, -0.25) is 4.79 Å². The van der Waals surface area contributed by atoms with Crippen LogP contribution < -0.4 is 11.1 Å². The van der Waals surface area contributed by atoms with E-state index in [0.717, 1.165) is 30.4 Å². The van der Waals surface area contributed by atoms with Crippen molar-refractivity contribution in [3.63, 3.8) is 0 Å². The molecule has 6 nitrogen and oxygen atoms in total. The van der Waals surface area contributed by atoms with Gasteiger partial charge in [0.05, 0.1) is 12.5 Å². The monoisotopic (exact) mass is 419 g/mol. The molecule has 0 unspecified atom stereocenters. The first-order valence-electron chi connectivity index (χ1n) is 9.70. The summed E-state index contributed by atoms with van der Waals surface area (Å²) >= 11 is 5.89. The maximum absolute atomic E-state index is 11.9. The second-order valence-electron chi connectivity index (χ2n) is 6.85. The largest absolute Gasteiger partial charge is 0.461 e. The molecule has 7 heteroatoms. The van der Waals surface area contributed by atoms with Crippen molar-refractivity contribution in [2.75, 3.05) is 6.54 Å². The van der Waals surface area contributed by atoms with Gasteiger partial charge >= 0.3 is 12.1 Å². The van der Waals surface area contributed by atoms with Crippen LogP contribution in [0.25, 0.3) is 0 Å². The van der Waals surface area contributed by atoms with E-state index in [1.165, 1.54) is 0 Å². The normalized spacial score (nSPS) is 11.5. The Labute approximate surface area is 176 Å². The van der Waals surface area contributed by atoms with Crippen LogP contribution in [0.1, 0.15) is 36.8 Å². The number of esters is 1. The topological polar surface area (TPSA) is 92.3 Å². The molecule has 0 saturated heterocycles. The van der Waals surface area contributed by atoms with Crippen LogP contribution in [0.3, 0.4) is 0 Å². The molecule has 1 atom stereocenters. The molecule has 1 amide bonds. The van der Waals surface area contributed by atoms with E-state index in [1.54, 1.807) is 12.1 Å². The van der Waals surface area contributed by atoms with Crippen molar-refractivity contribution < 1.29 is 24.8 Å². The van der Waals surface area contributed by atoms with Crippen LogP contribution in [-0.2, 0) is 27.5 Å². The number of amides is 1. The lowest BCUT2D eigenvalue weighted by molar-refractivity contribution is -0.420. The third-order valence-corrected chi connectivity index (χ3v) is 4.50. The van der Waals surface area contributed by atoms with E-state index in [1.807, 2.05) is 42.5 Å². The summed E-state index contributed by atoms with van der Waals surface area (Å²) in [6.07, 6.45) is 2.27. The Morgan fingerprint density at radius 2 is 1.69 bits per heavy atom. The van der Waals surface area contributed by atoms with Crippen molar-refractivity contribution in [3.8, 4) is 0 Å². The molecule has 0 aliphatic heterocycles. The van der Waals surface area contributed by atoms with E-state index in [-0.39, 0.29) is 25.2 Å². The Kier molecular flexibility index (Phi) is 10.0. The summed E-state index contributed by atoms with van der Waals surface area (Å²) in [6.45, 7) is 0.978. The zero-order valence-corrected chi connectivity index (χ0v) is 17.2. The minimum absolute atomic E-state index is 0.00643. The van der Waals surface area contributed by atoms with E-state index in [2.05, 4.69) is 11.1 Å². The third-order valence-electron chi connectivity index (χ3n) is 4.27. The number of unbranched alkanes of at least 4 members (excludes halogenated alkanes) is 1. The van der Waals surface area contributed by atoms with Crippen LogP contribution in [0.2, 0.25) is 5.02 Å². The lowest BCUT2D eigenvalue weighted by Gasteiger charge is -2.10. The Hall–Kier alpha value is -2.57. The van der Waals surface area contributed by atoms with E-state index in [0.29, 0.717) is 18.0 Å². The number of alkyl carbamates (subject to hydrolysis) is 1. The molecule has 0 fully saturated rings. The van der Waals surface area contributed by atoms with Gasteiger partial charge in [-0.25, -0.2) is 4.79 Å². The van der Waals surface area contributed by atoms with Crippen LogP contribution in [-0.4, -0.2) is 24.6 Å². The number of benzene rings is 2. The summed E-state index contributed by atoms with van der Waals surface area (Å²) in [5.41, 5.74) is 5.82. The second kappa shape index (κ2) is 12.8. The summed E-state index contributed by atoms with van der Waals surface area (Å²) in [4.78, 5) is 23.6. The Morgan fingerprint density at radius 3 is 2.45 bits per heavy atom. The van der Waals surface area contributed by atoms with Crippen LogP contribution in [0.5, 0.6) is 0 Å². The molecule has 0 aliphatic rings. The minimum atomic E-state index is -0.458. The second-order valence-corrected chi connectivity index (χ2v) is 7.28. The highest BCUT2D eigenvalue weighted by atomic mass is 35.5. The van der Waals surface area contributed by atoms with Gasteiger partial charge in [0.1, 0.15) is 13.2 Å². The highest BCUT2D eigenvalue weighted by Crippen LogP contribution is 2.11. The van der Waals surface area contributed by atoms with Crippen molar-refractivity contribution in [3.05, 3.63) is 70.7 Å². The fourth-order valence-corrected chi connectivity index (χ4v) is 2.92. The molecule has 0 aromatic heterocycles. The van der Waals surface area contributed by atoms with E-state index < -0.39 is 6.09 Å². The fourth-order valence-electron chi connectivity index (χ4n) is 2.71. The number of hydrogen-bond donors (Lipinski definition) is 2. The summed E-state index contributed by atoms with van der Waals surface area (Å²) in [7, 11) is 0. The van der Waals surface area contributed by atoms with Gasteiger partial charge in [-0.05, 0) is 42.5 Å². The van der Waals surface area contributed by atoms with Crippen LogP contribution in [0.15, 0.2) is 54.6 Å². The quantitative estimate of drug-likeness (QED) is 0.430. The van der Waals surface area contributed by atoms with Gasteiger partial charge in [0.2, 0.25) is 0 Å². The van der Waals surface area contributed by atoms with Crippen LogP contribution >= 0.6 is 11.6 Å². The number of quaternary nitrogens is 1. The number of halogens is 1. The van der Waals surface area contributed by atoms with Gasteiger partial charge < -0.3 is 20.5 Å². The first-order valence-corrected chi connectivity index (χ1v) is 10.1. The molecule has 0 saturated carbocycles. The highest BCUT2D eigenvalue weighted by Gasteiger charge is 2.14. The van der Waals surface area contributed by atoms with Gasteiger partial charge in [0.15, 0.2) is 0 Å². The van der Waals surface area contributed by atoms with Crippen LogP contribution in [0.4, 0.5) is 4.79 Å². The van der Waals surface area contributed by atoms with Gasteiger partial charge in [0, 0.05) is 11.6 Å². The molecule has 2 aromatic rings. The number of rotatable bonds is 11. The zero-order chi connectivity index (χ0) is 20.9. The Bertz CT molecular complexity index is 770. The minimum Gasteiger partial charge on any atom is -0.461 e. The van der Waals surface area contributed by atoms with Crippen molar-refractivity contribution >= 4 is 23.7 Å². The molecule has 0 spiro atoms. The summed E-state index contributed by atoms with van der Waals surface area (Å²) in [6, 6.07) is 16.8. The fraction of sp³-hybridized carbons (Fsp3) is 0.364. The zero-order valence-electron chi connectivity index (χ0n) is 16.4. The van der Waals surface area contributed by atoms with Gasteiger partial charge in [0.25, 0.3) is 0 Å². The lowest BCUT2D eigenvalue weighted by atomic mass is 10.1. The number of carbonyl (C=O) groups is 2. The van der Waals surface area contributed by atoms with Gasteiger partial charge in [-0.1, -0.05) is 54.1 Å². The SMILES string of the molecule is [NH3+][C@@H](CCCCNC(=O)OCc1cccc(Cl)c1)CC(=O)OCc1ccccc1. The number of nitrogens with one attached hydrogen (secondary N) is 1. The number of hydrogen-bond acceptors (Lipinski definition) is 4. The summed E-state index contributed by atoms with van der Waals surface area (Å²) < 4.78 is 10.4. The first kappa shape index (κ1) is 22.7. The molecule has 29 heavy (non-hydrogen) atoms. The van der Waals surface area contributed by atoms with Gasteiger partial charge in [-0.15, -0.1) is 0 Å². The Morgan fingerprint density at radius 1 is 0.966 bits per heavy atom. The molecule has 4 N–H and O–H groups in total. The number of ether oxygens (including phenoxy) is 2. The average molecular weight is 420 g/mol. The smallest absolute Gasteiger partial charge is 0.407 e. The molecule has 156 valence electrons. The summed E-state index contributed by atoms with van der Waals surface area (Å²) in [5.74, 6) is -0.239. The van der Waals surface area contributed by atoms with E-state index in [9.17, 15) is 9.59 Å². The molecule has 0 heterocycles.